The second kappa shape index (κ2) is 7.48. The van der Waals surface area contributed by atoms with Gasteiger partial charge in [-0.2, -0.15) is 8.78 Å². The highest BCUT2D eigenvalue weighted by atomic mass is 32.2. The number of hydrogen-bond acceptors (Lipinski definition) is 4. The van der Waals surface area contributed by atoms with Crippen molar-refractivity contribution < 1.29 is 23.1 Å². The van der Waals surface area contributed by atoms with E-state index in [0.717, 1.165) is 0 Å². The van der Waals surface area contributed by atoms with Gasteiger partial charge in [0.15, 0.2) is 0 Å². The van der Waals surface area contributed by atoms with Gasteiger partial charge >= 0.3 is 5.97 Å². The van der Waals surface area contributed by atoms with Crippen molar-refractivity contribution in [1.82, 2.24) is 4.98 Å². The van der Waals surface area contributed by atoms with Crippen molar-refractivity contribution in [2.45, 2.75) is 24.5 Å². The van der Waals surface area contributed by atoms with Crippen LogP contribution < -0.4 is 5.32 Å². The summed E-state index contributed by atoms with van der Waals surface area (Å²) in [6.07, 6.45) is 0. The number of nitrogens with one attached hydrogen (secondary N) is 2. The van der Waals surface area contributed by atoms with E-state index in [9.17, 15) is 18.4 Å². The zero-order chi connectivity index (χ0) is 17.9. The first kappa shape index (κ1) is 18.0. The Labute approximate surface area is 141 Å². The van der Waals surface area contributed by atoms with Crippen LogP contribution >= 0.6 is 11.8 Å². The van der Waals surface area contributed by atoms with E-state index in [-0.39, 0.29) is 5.69 Å². The summed E-state index contributed by atoms with van der Waals surface area (Å²) in [5.74, 6) is -3.44. The molecule has 0 radical (unpaired) electrons. The van der Waals surface area contributed by atoms with E-state index in [1.54, 1.807) is 13.8 Å². The maximum absolute atomic E-state index is 12.4. The highest BCUT2D eigenvalue weighted by Gasteiger charge is 2.22. The molecule has 128 valence electrons. The minimum atomic E-state index is -2.49. The number of aromatic amines is 1. The summed E-state index contributed by atoms with van der Waals surface area (Å²) >= 11 is 0.432. The Kier molecular flexibility index (Phi) is 5.61. The molecule has 1 aromatic heterocycles. The highest BCUT2D eigenvalue weighted by molar-refractivity contribution is 7.99. The van der Waals surface area contributed by atoms with E-state index < -0.39 is 17.6 Å². The van der Waals surface area contributed by atoms with Gasteiger partial charge in [-0.3, -0.25) is 4.79 Å². The number of ether oxygens (including phenoxy) is 1. The lowest BCUT2D eigenvalue weighted by Gasteiger charge is -2.06. The van der Waals surface area contributed by atoms with Gasteiger partial charge in [0.05, 0.1) is 12.7 Å². The Balaban J connectivity index is 2.17. The molecule has 2 rings (SSSR count). The number of halogens is 2. The van der Waals surface area contributed by atoms with E-state index in [0.29, 0.717) is 39.2 Å². The Hall–Kier alpha value is -2.35. The molecule has 1 aromatic carbocycles. The van der Waals surface area contributed by atoms with Crippen LogP contribution in [-0.4, -0.2) is 29.7 Å². The van der Waals surface area contributed by atoms with Gasteiger partial charge in [-0.05, 0) is 43.7 Å². The molecular weight excluding hydrogens is 338 g/mol. The van der Waals surface area contributed by atoms with Gasteiger partial charge in [0.1, 0.15) is 5.69 Å². The number of hydrogen-bond donors (Lipinski definition) is 2. The van der Waals surface area contributed by atoms with Gasteiger partial charge in [-0.1, -0.05) is 11.8 Å². The first-order valence-electron chi connectivity index (χ1n) is 6.97. The molecule has 0 atom stereocenters. The van der Waals surface area contributed by atoms with E-state index in [4.69, 9.17) is 4.74 Å². The summed E-state index contributed by atoms with van der Waals surface area (Å²) in [5.41, 5.74) is 2.06. The number of methoxy groups -OCH3 is 1. The van der Waals surface area contributed by atoms with Crippen LogP contribution in [0.3, 0.4) is 0 Å². The molecule has 1 amide bonds. The standard InChI is InChI=1S/C16H16F2N2O3S/c1-8-12(15(22)23-3)9(2)19-13(8)14(21)20-10-4-6-11(7-5-10)24-16(17)18/h4-7,16,19H,1-3H3,(H,20,21). The molecule has 24 heavy (non-hydrogen) atoms. The van der Waals surface area contributed by atoms with Gasteiger partial charge in [-0.15, -0.1) is 0 Å². The van der Waals surface area contributed by atoms with Crippen molar-refractivity contribution in [2.24, 2.45) is 0 Å². The number of carbonyl (C=O) groups excluding carboxylic acids is 2. The van der Waals surface area contributed by atoms with E-state index in [1.165, 1.54) is 31.4 Å². The number of amides is 1. The van der Waals surface area contributed by atoms with Crippen molar-refractivity contribution in [1.29, 1.82) is 0 Å². The van der Waals surface area contributed by atoms with Gasteiger partial charge < -0.3 is 15.0 Å². The second-order valence-electron chi connectivity index (χ2n) is 4.97. The van der Waals surface area contributed by atoms with Crippen LogP contribution in [0.15, 0.2) is 29.2 Å². The van der Waals surface area contributed by atoms with Crippen molar-refractivity contribution >= 4 is 29.3 Å². The molecule has 1 heterocycles. The van der Waals surface area contributed by atoms with Crippen LogP contribution in [-0.2, 0) is 4.74 Å². The molecule has 0 aliphatic rings. The average Bonchev–Trinajstić information content (AvgIpc) is 2.83. The van der Waals surface area contributed by atoms with Crippen LogP contribution in [0.2, 0.25) is 0 Å². The van der Waals surface area contributed by atoms with Crippen molar-refractivity contribution in [3.05, 3.63) is 46.8 Å². The number of aromatic nitrogens is 1. The molecule has 2 N–H and O–H groups in total. The Bertz CT molecular complexity index is 757. The highest BCUT2D eigenvalue weighted by Crippen LogP contribution is 2.26. The second-order valence-corrected chi connectivity index (χ2v) is 6.04. The summed E-state index contributed by atoms with van der Waals surface area (Å²) in [7, 11) is 1.27. The lowest BCUT2D eigenvalue weighted by molar-refractivity contribution is 0.0599. The number of anilines is 1. The van der Waals surface area contributed by atoms with E-state index in [2.05, 4.69) is 10.3 Å². The molecule has 0 fully saturated rings. The Morgan fingerprint density at radius 1 is 1.21 bits per heavy atom. The lowest BCUT2D eigenvalue weighted by atomic mass is 10.1. The quantitative estimate of drug-likeness (QED) is 0.629. The van der Waals surface area contributed by atoms with Crippen LogP contribution in [0.1, 0.15) is 32.1 Å². The molecule has 0 saturated carbocycles. The Morgan fingerprint density at radius 2 is 1.83 bits per heavy atom. The van der Waals surface area contributed by atoms with E-state index >= 15 is 0 Å². The third-order valence-electron chi connectivity index (χ3n) is 3.39. The number of carbonyl (C=O) groups is 2. The minimum absolute atomic E-state index is 0.249. The predicted octanol–water partition coefficient (Wildman–Crippen LogP) is 3.99. The zero-order valence-electron chi connectivity index (χ0n) is 13.3. The van der Waals surface area contributed by atoms with Gasteiger partial charge in [-0.25, -0.2) is 4.79 Å². The van der Waals surface area contributed by atoms with Gasteiger partial charge in [0, 0.05) is 16.3 Å². The molecule has 0 aliphatic carbocycles. The fourth-order valence-electron chi connectivity index (χ4n) is 2.30. The van der Waals surface area contributed by atoms with Gasteiger partial charge in [0.2, 0.25) is 0 Å². The lowest BCUT2D eigenvalue weighted by Crippen LogP contribution is -2.14. The summed E-state index contributed by atoms with van der Waals surface area (Å²) in [6.45, 7) is 3.32. The first-order chi connectivity index (χ1) is 11.3. The topological polar surface area (TPSA) is 71.2 Å². The summed E-state index contributed by atoms with van der Waals surface area (Å²) in [5, 5.41) is 2.66. The maximum atomic E-state index is 12.4. The summed E-state index contributed by atoms with van der Waals surface area (Å²) in [4.78, 5) is 27.4. The molecule has 0 spiro atoms. The summed E-state index contributed by atoms with van der Waals surface area (Å²) < 4.78 is 29.3. The SMILES string of the molecule is COC(=O)c1c(C)[nH]c(C(=O)Nc2ccc(SC(F)F)cc2)c1C. The average molecular weight is 354 g/mol. The van der Waals surface area contributed by atoms with Crippen LogP contribution in [0.4, 0.5) is 14.5 Å². The molecule has 0 unspecified atom stereocenters. The predicted molar refractivity (Wildman–Crippen MR) is 87.9 cm³/mol. The number of rotatable bonds is 5. The molecule has 0 aliphatic heterocycles. The fourth-order valence-corrected chi connectivity index (χ4v) is 2.80. The molecule has 0 bridgehead atoms. The van der Waals surface area contributed by atoms with Crippen molar-refractivity contribution in [3.8, 4) is 0 Å². The molecule has 2 aromatic rings. The normalized spacial score (nSPS) is 10.8. The van der Waals surface area contributed by atoms with Gasteiger partial charge in [0.25, 0.3) is 11.7 Å². The number of esters is 1. The van der Waals surface area contributed by atoms with Crippen LogP contribution in [0.25, 0.3) is 0 Å². The number of aryl methyl sites for hydroxylation is 1. The third-order valence-corrected chi connectivity index (χ3v) is 4.11. The number of benzene rings is 1. The van der Waals surface area contributed by atoms with Crippen molar-refractivity contribution in [3.63, 3.8) is 0 Å². The summed E-state index contributed by atoms with van der Waals surface area (Å²) in [6, 6.07) is 6.07. The van der Waals surface area contributed by atoms with Crippen LogP contribution in [0, 0.1) is 13.8 Å². The largest absolute Gasteiger partial charge is 0.465 e. The molecule has 5 nitrogen and oxygen atoms in total. The Morgan fingerprint density at radius 3 is 2.38 bits per heavy atom. The number of alkyl halides is 2. The molecule has 8 heteroatoms. The first-order valence-corrected chi connectivity index (χ1v) is 7.85. The number of H-pyrrole nitrogens is 1. The monoisotopic (exact) mass is 354 g/mol. The number of thioether (sulfide) groups is 1. The molecular formula is C16H16F2N2O3S. The zero-order valence-corrected chi connectivity index (χ0v) is 14.1. The molecule has 0 saturated heterocycles. The van der Waals surface area contributed by atoms with Crippen molar-refractivity contribution in [2.75, 3.05) is 12.4 Å². The third kappa shape index (κ3) is 3.94. The fraction of sp³-hybridized carbons (Fsp3) is 0.250. The minimum Gasteiger partial charge on any atom is -0.465 e. The van der Waals surface area contributed by atoms with Crippen LogP contribution in [0.5, 0.6) is 0 Å². The smallest absolute Gasteiger partial charge is 0.339 e. The van der Waals surface area contributed by atoms with E-state index in [1.807, 2.05) is 0 Å². The maximum Gasteiger partial charge on any atom is 0.339 e.